The van der Waals surface area contributed by atoms with Gasteiger partial charge in [-0.3, -0.25) is 4.90 Å². The van der Waals surface area contributed by atoms with Crippen molar-refractivity contribution in [3.63, 3.8) is 0 Å². The van der Waals surface area contributed by atoms with Crippen molar-refractivity contribution in [1.82, 2.24) is 4.90 Å². The Morgan fingerprint density at radius 3 is 2.19 bits per heavy atom. The molecule has 0 aromatic carbocycles. The predicted octanol–water partition coefficient (Wildman–Crippen LogP) is 2.90. The zero-order chi connectivity index (χ0) is 12.1. The van der Waals surface area contributed by atoms with Crippen molar-refractivity contribution in [3.8, 4) is 0 Å². The van der Waals surface area contributed by atoms with Gasteiger partial charge in [0.1, 0.15) is 0 Å². The molecule has 96 valence electrons. The van der Waals surface area contributed by atoms with Crippen LogP contribution in [-0.2, 0) is 0 Å². The Kier molecular flexibility index (Phi) is 5.77. The molecular weight excluding hydrogens is 198 g/mol. The van der Waals surface area contributed by atoms with Crippen LogP contribution in [0.1, 0.15) is 53.4 Å². The molecular formula is C14H29NO. The van der Waals surface area contributed by atoms with Crippen LogP contribution in [0.3, 0.4) is 0 Å². The first-order valence-corrected chi connectivity index (χ1v) is 7.00. The monoisotopic (exact) mass is 227 g/mol. The van der Waals surface area contributed by atoms with Gasteiger partial charge in [0.15, 0.2) is 0 Å². The Hall–Kier alpha value is -0.0800. The summed E-state index contributed by atoms with van der Waals surface area (Å²) in [5.41, 5.74) is 0. The Labute approximate surface area is 101 Å². The zero-order valence-electron chi connectivity index (χ0n) is 11.4. The van der Waals surface area contributed by atoms with Gasteiger partial charge in [-0.1, -0.05) is 34.1 Å². The number of aliphatic hydroxyl groups excluding tert-OH is 1. The fourth-order valence-corrected chi connectivity index (χ4v) is 3.24. The van der Waals surface area contributed by atoms with Gasteiger partial charge in [0.2, 0.25) is 0 Å². The van der Waals surface area contributed by atoms with Crippen LogP contribution in [0.2, 0.25) is 0 Å². The normalized spacial score (nSPS) is 31.3. The highest BCUT2D eigenvalue weighted by Crippen LogP contribution is 2.25. The van der Waals surface area contributed by atoms with Gasteiger partial charge in [0.05, 0.1) is 6.10 Å². The Morgan fingerprint density at radius 2 is 1.75 bits per heavy atom. The van der Waals surface area contributed by atoms with Crippen LogP contribution in [0, 0.1) is 11.8 Å². The molecule has 16 heavy (non-hydrogen) atoms. The van der Waals surface area contributed by atoms with E-state index in [1.807, 2.05) is 0 Å². The lowest BCUT2D eigenvalue weighted by Gasteiger charge is -2.41. The summed E-state index contributed by atoms with van der Waals surface area (Å²) in [4.78, 5) is 2.53. The summed E-state index contributed by atoms with van der Waals surface area (Å²) in [7, 11) is 0. The molecule has 1 saturated heterocycles. The van der Waals surface area contributed by atoms with Crippen LogP contribution < -0.4 is 0 Å². The minimum atomic E-state index is -0.132. The second-order valence-corrected chi connectivity index (χ2v) is 5.73. The van der Waals surface area contributed by atoms with E-state index in [-0.39, 0.29) is 6.10 Å². The van der Waals surface area contributed by atoms with Gasteiger partial charge < -0.3 is 5.11 Å². The second kappa shape index (κ2) is 6.61. The van der Waals surface area contributed by atoms with Gasteiger partial charge in [-0.15, -0.1) is 0 Å². The average Bonchev–Trinajstić information content (AvgIpc) is 2.17. The number of hydrogen-bond acceptors (Lipinski definition) is 2. The van der Waals surface area contributed by atoms with E-state index in [2.05, 4.69) is 32.6 Å². The molecule has 1 fully saturated rings. The summed E-state index contributed by atoms with van der Waals surface area (Å²) in [6, 6.07) is 0.380. The molecule has 2 nitrogen and oxygen atoms in total. The zero-order valence-corrected chi connectivity index (χ0v) is 11.4. The number of nitrogens with zero attached hydrogens (tertiary/aromatic N) is 1. The molecule has 0 aliphatic carbocycles. The highest BCUT2D eigenvalue weighted by atomic mass is 16.3. The lowest BCUT2D eigenvalue weighted by molar-refractivity contribution is 0.00739. The van der Waals surface area contributed by atoms with Crippen LogP contribution in [0.15, 0.2) is 0 Å². The number of piperidine rings is 1. The molecule has 1 rings (SSSR count). The van der Waals surface area contributed by atoms with Crippen LogP contribution in [-0.4, -0.2) is 35.2 Å². The fraction of sp³-hybridized carbons (Fsp3) is 1.00. The summed E-state index contributed by atoms with van der Waals surface area (Å²) in [6.07, 6.45) is 4.30. The number of hydrogen-bond donors (Lipinski definition) is 1. The quantitative estimate of drug-likeness (QED) is 0.780. The van der Waals surface area contributed by atoms with Crippen molar-refractivity contribution in [1.29, 1.82) is 0 Å². The van der Waals surface area contributed by atoms with E-state index in [4.69, 9.17) is 0 Å². The second-order valence-electron chi connectivity index (χ2n) is 5.73. The lowest BCUT2D eigenvalue weighted by atomic mass is 9.89. The van der Waals surface area contributed by atoms with Gasteiger partial charge in [-0.05, 0) is 31.1 Å². The topological polar surface area (TPSA) is 23.5 Å². The Balaban J connectivity index is 2.57. The van der Waals surface area contributed by atoms with Crippen LogP contribution in [0.5, 0.6) is 0 Å². The van der Waals surface area contributed by atoms with Crippen molar-refractivity contribution >= 4 is 0 Å². The third-order valence-electron chi connectivity index (χ3n) is 3.81. The molecule has 0 amide bonds. The molecule has 0 saturated carbocycles. The molecule has 0 aromatic heterocycles. The van der Waals surface area contributed by atoms with Gasteiger partial charge in [-0.2, -0.15) is 0 Å². The van der Waals surface area contributed by atoms with Crippen LogP contribution in [0.25, 0.3) is 0 Å². The van der Waals surface area contributed by atoms with E-state index in [0.29, 0.717) is 6.04 Å². The SMILES string of the molecule is CCCC(O)C(CC)N1CC(C)CC(C)C1. The van der Waals surface area contributed by atoms with Crippen LogP contribution in [0.4, 0.5) is 0 Å². The molecule has 0 aromatic rings. The summed E-state index contributed by atoms with van der Waals surface area (Å²) < 4.78 is 0. The lowest BCUT2D eigenvalue weighted by Crippen LogP contribution is -2.49. The Bertz CT molecular complexity index is 185. The number of likely N-dealkylation sites (tertiary alicyclic amines) is 1. The van der Waals surface area contributed by atoms with Crippen molar-refractivity contribution in [3.05, 3.63) is 0 Å². The average molecular weight is 227 g/mol. The smallest absolute Gasteiger partial charge is 0.0695 e. The predicted molar refractivity (Wildman–Crippen MR) is 69.5 cm³/mol. The third kappa shape index (κ3) is 3.74. The van der Waals surface area contributed by atoms with Crippen LogP contribution >= 0.6 is 0 Å². The fourth-order valence-electron chi connectivity index (χ4n) is 3.24. The molecule has 1 N–H and O–H groups in total. The van der Waals surface area contributed by atoms with Gasteiger partial charge >= 0.3 is 0 Å². The van der Waals surface area contributed by atoms with Gasteiger partial charge in [0.25, 0.3) is 0 Å². The highest BCUT2D eigenvalue weighted by Gasteiger charge is 2.29. The number of rotatable bonds is 5. The molecule has 4 atom stereocenters. The summed E-state index contributed by atoms with van der Waals surface area (Å²) in [5.74, 6) is 1.57. The van der Waals surface area contributed by atoms with Gasteiger partial charge in [-0.25, -0.2) is 0 Å². The molecule has 0 bridgehead atoms. The minimum absolute atomic E-state index is 0.132. The molecule has 0 spiro atoms. The largest absolute Gasteiger partial charge is 0.391 e. The van der Waals surface area contributed by atoms with Crippen molar-refractivity contribution in [2.45, 2.75) is 65.5 Å². The molecule has 1 heterocycles. The summed E-state index contributed by atoms with van der Waals surface area (Å²) in [5, 5.41) is 10.2. The summed E-state index contributed by atoms with van der Waals surface area (Å²) in [6.45, 7) is 11.4. The van der Waals surface area contributed by atoms with E-state index in [9.17, 15) is 5.11 Å². The maximum atomic E-state index is 10.2. The molecule has 2 heteroatoms. The standard InChI is InChI=1S/C14H29NO/c1-5-7-14(16)13(6-2)15-9-11(3)8-12(4)10-15/h11-14,16H,5-10H2,1-4H3. The van der Waals surface area contributed by atoms with E-state index < -0.39 is 0 Å². The van der Waals surface area contributed by atoms with Crippen molar-refractivity contribution < 1.29 is 5.11 Å². The maximum Gasteiger partial charge on any atom is 0.0695 e. The van der Waals surface area contributed by atoms with E-state index in [0.717, 1.165) is 31.1 Å². The molecule has 0 radical (unpaired) electrons. The minimum Gasteiger partial charge on any atom is -0.391 e. The number of aliphatic hydroxyl groups is 1. The summed E-state index contributed by atoms with van der Waals surface area (Å²) >= 11 is 0. The van der Waals surface area contributed by atoms with Crippen molar-refractivity contribution in [2.24, 2.45) is 11.8 Å². The highest BCUT2D eigenvalue weighted by molar-refractivity contribution is 4.83. The molecule has 1 aliphatic heterocycles. The first kappa shape index (κ1) is 14.0. The molecule has 1 aliphatic rings. The van der Waals surface area contributed by atoms with E-state index >= 15 is 0 Å². The molecule has 4 unspecified atom stereocenters. The maximum absolute atomic E-state index is 10.2. The van der Waals surface area contributed by atoms with Gasteiger partial charge in [0, 0.05) is 19.1 Å². The Morgan fingerprint density at radius 1 is 1.19 bits per heavy atom. The first-order valence-electron chi connectivity index (χ1n) is 7.00. The first-order chi connectivity index (χ1) is 7.58. The van der Waals surface area contributed by atoms with Crippen molar-refractivity contribution in [2.75, 3.05) is 13.1 Å². The third-order valence-corrected chi connectivity index (χ3v) is 3.81. The van der Waals surface area contributed by atoms with E-state index in [1.165, 1.54) is 19.5 Å². The van der Waals surface area contributed by atoms with E-state index in [1.54, 1.807) is 0 Å².